The number of likely N-dealkylation sites (tertiary alicyclic amines) is 1. The number of aromatic nitrogens is 2. The van der Waals surface area contributed by atoms with Crippen LogP contribution in [0.4, 0.5) is 0 Å². The molecule has 1 aromatic rings. The zero-order valence-electron chi connectivity index (χ0n) is 13.6. The fourth-order valence-corrected chi connectivity index (χ4v) is 2.77. The molecular weight excluding hydrogens is 282 g/mol. The van der Waals surface area contributed by atoms with Gasteiger partial charge in [-0.15, -0.1) is 0 Å². The molecule has 0 aromatic carbocycles. The minimum absolute atomic E-state index is 0.0927. The summed E-state index contributed by atoms with van der Waals surface area (Å²) in [5, 5.41) is 4.07. The standard InChI is InChI=1S/C16H25N3O3/c1-12(2)22-11-9-13-6-4-5-10-19(13)16(21)14-7-8-15(20)18(3)17-14/h7-8,12-13H,4-6,9-11H2,1-3H3/t13-/m0/s1. The molecule has 2 heterocycles. The molecule has 1 saturated heterocycles. The molecule has 0 aliphatic carbocycles. The number of carbonyl (C=O) groups excluding carboxylic acids is 1. The molecule has 1 aliphatic rings. The van der Waals surface area contributed by atoms with Gasteiger partial charge in [-0.05, 0) is 45.6 Å². The van der Waals surface area contributed by atoms with Crippen LogP contribution in [0.1, 0.15) is 50.0 Å². The van der Waals surface area contributed by atoms with Gasteiger partial charge in [0.05, 0.1) is 6.10 Å². The van der Waals surface area contributed by atoms with Crippen molar-refractivity contribution in [3.8, 4) is 0 Å². The van der Waals surface area contributed by atoms with Crippen molar-refractivity contribution in [2.24, 2.45) is 7.05 Å². The second-order valence-electron chi connectivity index (χ2n) is 6.04. The van der Waals surface area contributed by atoms with Crippen molar-refractivity contribution in [1.29, 1.82) is 0 Å². The molecule has 1 atom stereocenters. The van der Waals surface area contributed by atoms with Gasteiger partial charge in [-0.1, -0.05) is 0 Å². The molecular formula is C16H25N3O3. The summed E-state index contributed by atoms with van der Waals surface area (Å²) in [5.41, 5.74) is 0.121. The smallest absolute Gasteiger partial charge is 0.274 e. The first-order valence-corrected chi connectivity index (χ1v) is 7.96. The Balaban J connectivity index is 2.07. The Bertz CT molecular complexity index is 568. The summed E-state index contributed by atoms with van der Waals surface area (Å²) in [6.45, 7) is 5.43. The lowest BCUT2D eigenvalue weighted by molar-refractivity contribution is 0.0393. The summed E-state index contributed by atoms with van der Waals surface area (Å²) in [6.07, 6.45) is 4.20. The molecule has 1 aromatic heterocycles. The Kier molecular flexibility index (Phi) is 5.71. The van der Waals surface area contributed by atoms with Gasteiger partial charge in [0.1, 0.15) is 5.69 Å². The molecule has 1 amide bonds. The van der Waals surface area contributed by atoms with Gasteiger partial charge in [-0.25, -0.2) is 4.68 Å². The van der Waals surface area contributed by atoms with E-state index < -0.39 is 0 Å². The minimum Gasteiger partial charge on any atom is -0.379 e. The summed E-state index contributed by atoms with van der Waals surface area (Å²) < 4.78 is 6.82. The van der Waals surface area contributed by atoms with Crippen molar-refractivity contribution >= 4 is 5.91 Å². The van der Waals surface area contributed by atoms with E-state index in [0.717, 1.165) is 32.2 Å². The number of aryl methyl sites for hydroxylation is 1. The number of amides is 1. The predicted molar refractivity (Wildman–Crippen MR) is 83.9 cm³/mol. The Morgan fingerprint density at radius 1 is 1.41 bits per heavy atom. The SMILES string of the molecule is CC(C)OCC[C@@H]1CCCCN1C(=O)c1ccc(=O)n(C)n1. The molecule has 122 valence electrons. The van der Waals surface area contributed by atoms with Gasteiger partial charge >= 0.3 is 0 Å². The van der Waals surface area contributed by atoms with E-state index >= 15 is 0 Å². The van der Waals surface area contributed by atoms with Crippen molar-refractivity contribution in [3.05, 3.63) is 28.2 Å². The van der Waals surface area contributed by atoms with E-state index in [0.29, 0.717) is 12.3 Å². The molecule has 0 bridgehead atoms. The van der Waals surface area contributed by atoms with Crippen LogP contribution in [0, 0.1) is 0 Å². The Morgan fingerprint density at radius 3 is 2.86 bits per heavy atom. The highest BCUT2D eigenvalue weighted by molar-refractivity contribution is 5.92. The van der Waals surface area contributed by atoms with Gasteiger partial charge in [0.15, 0.2) is 0 Å². The molecule has 2 rings (SSSR count). The van der Waals surface area contributed by atoms with E-state index in [2.05, 4.69) is 5.10 Å². The van der Waals surface area contributed by atoms with Crippen LogP contribution in [-0.4, -0.2) is 45.9 Å². The number of piperidine rings is 1. The number of nitrogens with zero attached hydrogens (tertiary/aromatic N) is 3. The molecule has 6 heteroatoms. The largest absolute Gasteiger partial charge is 0.379 e. The van der Waals surface area contributed by atoms with Crippen LogP contribution in [0.5, 0.6) is 0 Å². The average molecular weight is 307 g/mol. The van der Waals surface area contributed by atoms with Crippen LogP contribution in [0.15, 0.2) is 16.9 Å². The highest BCUT2D eigenvalue weighted by atomic mass is 16.5. The third kappa shape index (κ3) is 4.16. The minimum atomic E-state index is -0.211. The zero-order chi connectivity index (χ0) is 16.1. The summed E-state index contributed by atoms with van der Waals surface area (Å²) in [6, 6.07) is 3.10. The maximum absolute atomic E-state index is 12.7. The van der Waals surface area contributed by atoms with Crippen LogP contribution in [0.25, 0.3) is 0 Å². The number of carbonyl (C=O) groups is 1. The Labute approximate surface area is 131 Å². The van der Waals surface area contributed by atoms with Gasteiger partial charge in [-0.3, -0.25) is 9.59 Å². The Morgan fingerprint density at radius 2 is 2.18 bits per heavy atom. The van der Waals surface area contributed by atoms with Gasteiger partial charge in [0, 0.05) is 32.3 Å². The molecule has 6 nitrogen and oxygen atoms in total. The first-order valence-electron chi connectivity index (χ1n) is 7.96. The van der Waals surface area contributed by atoms with Gasteiger partial charge < -0.3 is 9.64 Å². The normalized spacial score (nSPS) is 18.7. The van der Waals surface area contributed by atoms with Gasteiger partial charge in [0.2, 0.25) is 0 Å². The van der Waals surface area contributed by atoms with Crippen molar-refractivity contribution in [2.45, 2.75) is 51.7 Å². The van der Waals surface area contributed by atoms with E-state index in [-0.39, 0.29) is 23.6 Å². The lowest BCUT2D eigenvalue weighted by Crippen LogP contribution is -2.45. The highest BCUT2D eigenvalue weighted by Gasteiger charge is 2.28. The van der Waals surface area contributed by atoms with Crippen molar-refractivity contribution in [1.82, 2.24) is 14.7 Å². The topological polar surface area (TPSA) is 64.4 Å². The maximum Gasteiger partial charge on any atom is 0.274 e. The number of hydrogen-bond donors (Lipinski definition) is 0. The van der Waals surface area contributed by atoms with E-state index in [1.807, 2.05) is 18.7 Å². The zero-order valence-corrected chi connectivity index (χ0v) is 13.6. The van der Waals surface area contributed by atoms with E-state index in [1.54, 1.807) is 7.05 Å². The fraction of sp³-hybridized carbons (Fsp3) is 0.688. The van der Waals surface area contributed by atoms with Crippen LogP contribution in [0.2, 0.25) is 0 Å². The fourth-order valence-electron chi connectivity index (χ4n) is 2.77. The Hall–Kier alpha value is -1.69. The third-order valence-electron chi connectivity index (χ3n) is 3.97. The summed E-state index contributed by atoms with van der Waals surface area (Å²) in [5.74, 6) is -0.0927. The lowest BCUT2D eigenvalue weighted by atomic mass is 9.99. The molecule has 0 unspecified atom stereocenters. The van der Waals surface area contributed by atoms with Crippen LogP contribution in [-0.2, 0) is 11.8 Å². The first kappa shape index (κ1) is 16.7. The number of hydrogen-bond acceptors (Lipinski definition) is 4. The van der Waals surface area contributed by atoms with E-state index in [9.17, 15) is 9.59 Å². The molecule has 0 spiro atoms. The third-order valence-corrected chi connectivity index (χ3v) is 3.97. The summed E-state index contributed by atoms with van der Waals surface area (Å²) in [7, 11) is 1.56. The average Bonchev–Trinajstić information content (AvgIpc) is 2.49. The molecule has 0 N–H and O–H groups in total. The highest BCUT2D eigenvalue weighted by Crippen LogP contribution is 2.21. The van der Waals surface area contributed by atoms with E-state index in [1.165, 1.54) is 16.8 Å². The molecule has 0 radical (unpaired) electrons. The maximum atomic E-state index is 12.7. The number of ether oxygens (including phenoxy) is 1. The monoisotopic (exact) mass is 307 g/mol. The van der Waals surface area contributed by atoms with Crippen LogP contribution >= 0.6 is 0 Å². The first-order chi connectivity index (χ1) is 10.5. The quantitative estimate of drug-likeness (QED) is 0.828. The predicted octanol–water partition coefficient (Wildman–Crippen LogP) is 1.59. The summed E-state index contributed by atoms with van der Waals surface area (Å²) in [4.78, 5) is 26.0. The van der Waals surface area contributed by atoms with Crippen molar-refractivity contribution < 1.29 is 9.53 Å². The molecule has 1 fully saturated rings. The van der Waals surface area contributed by atoms with Gasteiger partial charge in [-0.2, -0.15) is 5.10 Å². The lowest BCUT2D eigenvalue weighted by Gasteiger charge is -2.35. The molecule has 1 aliphatic heterocycles. The summed E-state index contributed by atoms with van der Waals surface area (Å²) >= 11 is 0. The van der Waals surface area contributed by atoms with E-state index in [4.69, 9.17) is 4.74 Å². The molecule has 22 heavy (non-hydrogen) atoms. The molecule has 0 saturated carbocycles. The van der Waals surface area contributed by atoms with Crippen LogP contribution in [0.3, 0.4) is 0 Å². The van der Waals surface area contributed by atoms with Crippen LogP contribution < -0.4 is 5.56 Å². The van der Waals surface area contributed by atoms with Crippen molar-refractivity contribution in [3.63, 3.8) is 0 Å². The second-order valence-corrected chi connectivity index (χ2v) is 6.04. The number of rotatable bonds is 5. The van der Waals surface area contributed by atoms with Gasteiger partial charge in [0.25, 0.3) is 11.5 Å². The van der Waals surface area contributed by atoms with Crippen molar-refractivity contribution in [2.75, 3.05) is 13.2 Å². The second kappa shape index (κ2) is 7.54.